The highest BCUT2D eigenvalue weighted by Crippen LogP contribution is 2.44. The van der Waals surface area contributed by atoms with E-state index >= 15 is 0 Å². The molecule has 0 aliphatic heterocycles. The Kier molecular flexibility index (Phi) is 9.10. The average Bonchev–Trinajstić information content (AvgIpc) is 3.24. The standard InChI is InChI=1S/C29H31N3O4S/c1-2-35-27(33)16-17-30-28(37)31-18-26(20-10-4-3-5-11-20)32-29(34)36-19-25-23-14-8-6-12-21(23)22-13-7-9-15-24(22)25/h3-15,25-26H,2,16-19H2,1H3,(H,32,34)(H2,30,31,37)/t26-/m1/s1. The molecule has 192 valence electrons. The minimum absolute atomic E-state index is 0.0115. The molecule has 0 spiro atoms. The Labute approximate surface area is 222 Å². The van der Waals surface area contributed by atoms with Gasteiger partial charge in [-0.25, -0.2) is 4.79 Å². The molecular formula is C29H31N3O4S. The topological polar surface area (TPSA) is 88.7 Å². The van der Waals surface area contributed by atoms with Crippen LogP contribution >= 0.6 is 12.2 Å². The second-order valence-electron chi connectivity index (χ2n) is 8.62. The zero-order valence-electron chi connectivity index (χ0n) is 20.7. The molecule has 1 aliphatic carbocycles. The van der Waals surface area contributed by atoms with E-state index < -0.39 is 6.09 Å². The zero-order valence-corrected chi connectivity index (χ0v) is 21.6. The third kappa shape index (κ3) is 6.86. The quantitative estimate of drug-likeness (QED) is 0.266. The van der Waals surface area contributed by atoms with Crippen molar-refractivity contribution in [2.75, 3.05) is 26.3 Å². The van der Waals surface area contributed by atoms with Crippen LogP contribution in [0.25, 0.3) is 11.1 Å². The number of ether oxygens (including phenoxy) is 2. The summed E-state index contributed by atoms with van der Waals surface area (Å²) >= 11 is 5.33. The molecule has 1 aliphatic rings. The summed E-state index contributed by atoms with van der Waals surface area (Å²) in [4.78, 5) is 24.4. The van der Waals surface area contributed by atoms with Crippen molar-refractivity contribution in [3.8, 4) is 11.1 Å². The Morgan fingerprint density at radius 1 is 0.865 bits per heavy atom. The van der Waals surface area contributed by atoms with E-state index in [9.17, 15) is 9.59 Å². The largest absolute Gasteiger partial charge is 0.466 e. The zero-order chi connectivity index (χ0) is 26.0. The van der Waals surface area contributed by atoms with Crippen LogP contribution in [0.4, 0.5) is 4.79 Å². The number of thiocarbonyl (C=S) groups is 1. The molecule has 0 saturated heterocycles. The number of hydrogen-bond donors (Lipinski definition) is 3. The number of fused-ring (bicyclic) bond motifs is 3. The fourth-order valence-corrected chi connectivity index (χ4v) is 4.67. The van der Waals surface area contributed by atoms with Gasteiger partial charge in [-0.3, -0.25) is 4.79 Å². The Hall–Kier alpha value is -3.91. The predicted molar refractivity (Wildman–Crippen MR) is 147 cm³/mol. The van der Waals surface area contributed by atoms with Crippen molar-refractivity contribution in [1.29, 1.82) is 0 Å². The van der Waals surface area contributed by atoms with E-state index in [2.05, 4.69) is 40.2 Å². The normalized spacial score (nSPS) is 12.6. The highest BCUT2D eigenvalue weighted by molar-refractivity contribution is 7.80. The minimum atomic E-state index is -0.501. The van der Waals surface area contributed by atoms with Gasteiger partial charge in [0.05, 0.1) is 19.1 Å². The summed E-state index contributed by atoms with van der Waals surface area (Å²) in [5.74, 6) is -0.292. The molecule has 3 aromatic carbocycles. The molecule has 0 saturated carbocycles. The number of esters is 1. The van der Waals surface area contributed by atoms with Crippen molar-refractivity contribution in [3.05, 3.63) is 95.6 Å². The number of carbonyl (C=O) groups is 2. The first-order valence-corrected chi connectivity index (χ1v) is 12.8. The monoisotopic (exact) mass is 517 g/mol. The smallest absolute Gasteiger partial charge is 0.407 e. The van der Waals surface area contributed by atoms with Crippen molar-refractivity contribution in [1.82, 2.24) is 16.0 Å². The Morgan fingerprint density at radius 2 is 1.49 bits per heavy atom. The van der Waals surface area contributed by atoms with Gasteiger partial charge in [-0.1, -0.05) is 78.9 Å². The minimum Gasteiger partial charge on any atom is -0.466 e. The molecule has 1 atom stereocenters. The molecule has 3 aromatic rings. The van der Waals surface area contributed by atoms with E-state index in [1.54, 1.807) is 6.92 Å². The highest BCUT2D eigenvalue weighted by Gasteiger charge is 2.29. The SMILES string of the molecule is CCOC(=O)CCNC(=S)NC[C@@H](NC(=O)OCC1c2ccccc2-c2ccccc21)c1ccccc1. The van der Waals surface area contributed by atoms with Gasteiger partial charge in [-0.2, -0.15) is 0 Å². The van der Waals surface area contributed by atoms with E-state index in [-0.39, 0.29) is 31.0 Å². The first-order chi connectivity index (χ1) is 18.1. The van der Waals surface area contributed by atoms with Crippen LogP contribution in [0.3, 0.4) is 0 Å². The first kappa shape index (κ1) is 26.2. The Bertz CT molecular complexity index is 1190. The van der Waals surface area contributed by atoms with Crippen LogP contribution in [0.5, 0.6) is 0 Å². The first-order valence-electron chi connectivity index (χ1n) is 12.4. The van der Waals surface area contributed by atoms with Gasteiger partial charge in [-0.15, -0.1) is 0 Å². The number of benzene rings is 3. The summed E-state index contributed by atoms with van der Waals surface area (Å²) in [6.07, 6.45) is -0.283. The lowest BCUT2D eigenvalue weighted by Gasteiger charge is -2.22. The molecule has 0 aromatic heterocycles. The third-order valence-electron chi connectivity index (χ3n) is 6.22. The molecule has 3 N–H and O–H groups in total. The van der Waals surface area contributed by atoms with Gasteiger partial charge in [0, 0.05) is 19.0 Å². The molecule has 1 amide bonds. The van der Waals surface area contributed by atoms with Crippen molar-refractivity contribution in [2.24, 2.45) is 0 Å². The summed E-state index contributed by atoms with van der Waals surface area (Å²) in [5, 5.41) is 9.46. The molecule has 0 heterocycles. The molecule has 7 nitrogen and oxygen atoms in total. The number of alkyl carbamates (subject to hydrolysis) is 1. The number of nitrogens with one attached hydrogen (secondary N) is 3. The van der Waals surface area contributed by atoms with E-state index in [0.29, 0.717) is 24.8 Å². The summed E-state index contributed by atoms with van der Waals surface area (Å²) in [6, 6.07) is 25.7. The highest BCUT2D eigenvalue weighted by atomic mass is 32.1. The van der Waals surface area contributed by atoms with Gasteiger partial charge in [-0.05, 0) is 47.0 Å². The van der Waals surface area contributed by atoms with Crippen molar-refractivity contribution >= 4 is 29.4 Å². The van der Waals surface area contributed by atoms with Crippen LogP contribution in [-0.4, -0.2) is 43.5 Å². The van der Waals surface area contributed by atoms with E-state index in [4.69, 9.17) is 21.7 Å². The Balaban J connectivity index is 1.34. The van der Waals surface area contributed by atoms with E-state index in [1.165, 1.54) is 11.1 Å². The molecule has 4 rings (SSSR count). The molecule has 0 radical (unpaired) electrons. The summed E-state index contributed by atoms with van der Waals surface area (Å²) in [5.41, 5.74) is 5.61. The van der Waals surface area contributed by atoms with Crippen LogP contribution in [0.1, 0.15) is 42.0 Å². The molecule has 8 heteroatoms. The number of hydrogen-bond acceptors (Lipinski definition) is 5. The van der Waals surface area contributed by atoms with E-state index in [0.717, 1.165) is 16.7 Å². The molecular weight excluding hydrogens is 486 g/mol. The molecule has 37 heavy (non-hydrogen) atoms. The maximum atomic E-state index is 12.9. The van der Waals surface area contributed by atoms with Gasteiger partial charge < -0.3 is 25.4 Å². The average molecular weight is 518 g/mol. The van der Waals surface area contributed by atoms with Crippen molar-refractivity contribution < 1.29 is 19.1 Å². The number of amides is 1. The van der Waals surface area contributed by atoms with Crippen LogP contribution < -0.4 is 16.0 Å². The molecule has 0 unspecified atom stereocenters. The lowest BCUT2D eigenvalue weighted by molar-refractivity contribution is -0.142. The lowest BCUT2D eigenvalue weighted by Crippen LogP contribution is -2.42. The van der Waals surface area contributed by atoms with Gasteiger partial charge in [0.2, 0.25) is 0 Å². The maximum Gasteiger partial charge on any atom is 0.407 e. The van der Waals surface area contributed by atoms with Crippen LogP contribution in [0.15, 0.2) is 78.9 Å². The van der Waals surface area contributed by atoms with Gasteiger partial charge in [0.15, 0.2) is 5.11 Å². The number of carbonyl (C=O) groups excluding carboxylic acids is 2. The van der Waals surface area contributed by atoms with Gasteiger partial charge in [0.1, 0.15) is 6.61 Å². The van der Waals surface area contributed by atoms with Crippen molar-refractivity contribution in [3.63, 3.8) is 0 Å². The number of rotatable bonds is 10. The van der Waals surface area contributed by atoms with Crippen LogP contribution in [0, 0.1) is 0 Å². The maximum absolute atomic E-state index is 12.9. The summed E-state index contributed by atoms with van der Waals surface area (Å²) in [7, 11) is 0. The van der Waals surface area contributed by atoms with Crippen LogP contribution in [0.2, 0.25) is 0 Å². The van der Waals surface area contributed by atoms with Gasteiger partial charge >= 0.3 is 12.1 Å². The molecule has 0 fully saturated rings. The Morgan fingerprint density at radius 3 is 2.14 bits per heavy atom. The predicted octanol–water partition coefficient (Wildman–Crippen LogP) is 4.68. The second kappa shape index (κ2) is 12.9. The fourth-order valence-electron chi connectivity index (χ4n) is 4.49. The fraction of sp³-hybridized carbons (Fsp3) is 0.276. The third-order valence-corrected chi connectivity index (χ3v) is 6.51. The lowest BCUT2D eigenvalue weighted by atomic mass is 9.98. The summed E-state index contributed by atoms with van der Waals surface area (Å²) < 4.78 is 10.7. The summed E-state index contributed by atoms with van der Waals surface area (Å²) in [6.45, 7) is 3.06. The molecule has 0 bridgehead atoms. The van der Waals surface area contributed by atoms with Crippen LogP contribution in [-0.2, 0) is 14.3 Å². The van der Waals surface area contributed by atoms with E-state index in [1.807, 2.05) is 54.6 Å². The van der Waals surface area contributed by atoms with Gasteiger partial charge in [0.25, 0.3) is 0 Å². The second-order valence-corrected chi connectivity index (χ2v) is 9.03. The van der Waals surface area contributed by atoms with Crippen molar-refractivity contribution in [2.45, 2.75) is 25.3 Å².